The predicted molar refractivity (Wildman–Crippen MR) is 61.0 cm³/mol. The first-order valence-electron chi connectivity index (χ1n) is 4.95. The van der Waals surface area contributed by atoms with Crippen LogP contribution in [0.25, 0.3) is 0 Å². The summed E-state index contributed by atoms with van der Waals surface area (Å²) >= 11 is 5.69. The Morgan fingerprint density at radius 2 is 2.00 bits per heavy atom. The highest BCUT2D eigenvalue weighted by atomic mass is 35.5. The van der Waals surface area contributed by atoms with Crippen LogP contribution in [0.15, 0.2) is 24.3 Å². The Labute approximate surface area is 95.2 Å². The van der Waals surface area contributed by atoms with Crippen molar-refractivity contribution in [3.63, 3.8) is 0 Å². The van der Waals surface area contributed by atoms with Gasteiger partial charge in [0, 0.05) is 5.88 Å². The van der Waals surface area contributed by atoms with Gasteiger partial charge in [-0.05, 0) is 17.5 Å². The lowest BCUT2D eigenvalue weighted by atomic mass is 9.96. The molecular weight excluding hydrogens is 212 g/mol. The molecule has 0 saturated carbocycles. The number of methoxy groups -OCH3 is 1. The van der Waals surface area contributed by atoms with E-state index in [0.29, 0.717) is 5.88 Å². The minimum absolute atomic E-state index is 0.167. The molecule has 0 radical (unpaired) electrons. The summed E-state index contributed by atoms with van der Waals surface area (Å²) in [6, 6.07) is 7.74. The molecule has 0 N–H and O–H groups in total. The van der Waals surface area contributed by atoms with Gasteiger partial charge in [-0.25, -0.2) is 0 Å². The molecule has 0 aliphatic heterocycles. The second-order valence-corrected chi connectivity index (χ2v) is 3.63. The summed E-state index contributed by atoms with van der Waals surface area (Å²) in [5.41, 5.74) is 2.04. The average molecular weight is 227 g/mol. The van der Waals surface area contributed by atoms with Gasteiger partial charge < -0.3 is 4.74 Å². The first kappa shape index (κ1) is 12.1. The van der Waals surface area contributed by atoms with E-state index >= 15 is 0 Å². The molecule has 2 nitrogen and oxygen atoms in total. The molecule has 0 aliphatic rings. The Bertz CT molecular complexity index is 319. The van der Waals surface area contributed by atoms with Crippen LogP contribution in [-0.2, 0) is 15.4 Å². The van der Waals surface area contributed by atoms with Crippen molar-refractivity contribution in [3.05, 3.63) is 35.4 Å². The van der Waals surface area contributed by atoms with E-state index in [1.165, 1.54) is 7.11 Å². The van der Waals surface area contributed by atoms with E-state index in [2.05, 4.69) is 0 Å². The minimum atomic E-state index is -0.184. The molecule has 0 aliphatic carbocycles. The van der Waals surface area contributed by atoms with Crippen LogP contribution >= 0.6 is 11.6 Å². The Hall–Kier alpha value is -1.02. The van der Waals surface area contributed by atoms with E-state index in [4.69, 9.17) is 16.3 Å². The summed E-state index contributed by atoms with van der Waals surface area (Å²) in [7, 11) is 1.41. The number of ether oxygens (including phenoxy) is 1. The molecule has 1 aromatic carbocycles. The lowest BCUT2D eigenvalue weighted by Crippen LogP contribution is -2.13. The fourth-order valence-electron chi connectivity index (χ4n) is 1.52. The molecule has 1 aromatic rings. The molecule has 0 spiro atoms. The van der Waals surface area contributed by atoms with Gasteiger partial charge in [-0.2, -0.15) is 0 Å². The molecule has 0 bridgehead atoms. The third kappa shape index (κ3) is 2.96. The molecule has 1 rings (SSSR count). The monoisotopic (exact) mass is 226 g/mol. The van der Waals surface area contributed by atoms with Gasteiger partial charge in [0.1, 0.15) is 0 Å². The van der Waals surface area contributed by atoms with Gasteiger partial charge >= 0.3 is 5.97 Å². The number of alkyl halides is 1. The number of halogens is 1. The van der Waals surface area contributed by atoms with E-state index in [1.807, 2.05) is 31.2 Å². The van der Waals surface area contributed by atoms with E-state index in [9.17, 15) is 4.79 Å². The standard InChI is InChI=1S/C12H15ClO2/c1-3-11(12(14)15-2)10-6-4-9(8-13)5-7-10/h4-7,11H,3,8H2,1-2H3. The number of esters is 1. The van der Waals surface area contributed by atoms with E-state index in [-0.39, 0.29) is 11.9 Å². The molecule has 0 heterocycles. The van der Waals surface area contributed by atoms with Crippen molar-refractivity contribution in [1.82, 2.24) is 0 Å². The molecule has 0 saturated heterocycles. The average Bonchev–Trinajstić information content (AvgIpc) is 2.30. The summed E-state index contributed by atoms with van der Waals surface area (Å²) in [6.45, 7) is 1.97. The molecule has 1 atom stereocenters. The Balaban J connectivity index is 2.87. The van der Waals surface area contributed by atoms with E-state index in [1.54, 1.807) is 0 Å². The van der Waals surface area contributed by atoms with Crippen molar-refractivity contribution in [3.8, 4) is 0 Å². The Morgan fingerprint density at radius 3 is 2.40 bits per heavy atom. The van der Waals surface area contributed by atoms with Crippen molar-refractivity contribution < 1.29 is 9.53 Å². The van der Waals surface area contributed by atoms with Crippen LogP contribution in [0.2, 0.25) is 0 Å². The molecule has 15 heavy (non-hydrogen) atoms. The maximum atomic E-state index is 11.4. The van der Waals surface area contributed by atoms with Crippen LogP contribution in [0.4, 0.5) is 0 Å². The quantitative estimate of drug-likeness (QED) is 0.583. The molecule has 1 unspecified atom stereocenters. The summed E-state index contributed by atoms with van der Waals surface area (Å²) in [5, 5.41) is 0. The van der Waals surface area contributed by atoms with Gasteiger partial charge in [-0.1, -0.05) is 31.2 Å². The van der Waals surface area contributed by atoms with Gasteiger partial charge in [-0.15, -0.1) is 11.6 Å². The number of hydrogen-bond donors (Lipinski definition) is 0. The zero-order valence-electron chi connectivity index (χ0n) is 9.00. The maximum absolute atomic E-state index is 11.4. The van der Waals surface area contributed by atoms with Crippen LogP contribution in [0, 0.1) is 0 Å². The van der Waals surface area contributed by atoms with E-state index < -0.39 is 0 Å². The first-order valence-corrected chi connectivity index (χ1v) is 5.49. The highest BCUT2D eigenvalue weighted by Crippen LogP contribution is 2.21. The smallest absolute Gasteiger partial charge is 0.313 e. The lowest BCUT2D eigenvalue weighted by Gasteiger charge is -2.12. The fraction of sp³-hybridized carbons (Fsp3) is 0.417. The molecule has 82 valence electrons. The van der Waals surface area contributed by atoms with Gasteiger partial charge in [0.25, 0.3) is 0 Å². The van der Waals surface area contributed by atoms with Gasteiger partial charge in [-0.3, -0.25) is 4.79 Å². The number of carbonyl (C=O) groups is 1. The van der Waals surface area contributed by atoms with Crippen LogP contribution in [-0.4, -0.2) is 13.1 Å². The summed E-state index contributed by atoms with van der Waals surface area (Å²) in [4.78, 5) is 11.4. The van der Waals surface area contributed by atoms with Crippen molar-refractivity contribution >= 4 is 17.6 Å². The minimum Gasteiger partial charge on any atom is -0.469 e. The molecule has 0 fully saturated rings. The number of hydrogen-bond acceptors (Lipinski definition) is 2. The fourth-order valence-corrected chi connectivity index (χ4v) is 1.70. The number of benzene rings is 1. The first-order chi connectivity index (χ1) is 7.22. The normalized spacial score (nSPS) is 12.2. The Kier molecular flexibility index (Phi) is 4.63. The lowest BCUT2D eigenvalue weighted by molar-refractivity contribution is -0.142. The zero-order chi connectivity index (χ0) is 11.3. The summed E-state index contributed by atoms with van der Waals surface area (Å²) in [6.07, 6.45) is 0.743. The van der Waals surface area contributed by atoms with Crippen molar-refractivity contribution in [2.45, 2.75) is 25.1 Å². The largest absolute Gasteiger partial charge is 0.469 e. The second kappa shape index (κ2) is 5.76. The highest BCUT2D eigenvalue weighted by molar-refractivity contribution is 6.17. The highest BCUT2D eigenvalue weighted by Gasteiger charge is 2.18. The maximum Gasteiger partial charge on any atom is 0.313 e. The molecule has 0 amide bonds. The summed E-state index contributed by atoms with van der Waals surface area (Å²) in [5.74, 6) is 0.144. The molecule has 3 heteroatoms. The van der Waals surface area contributed by atoms with Crippen LogP contribution < -0.4 is 0 Å². The number of rotatable bonds is 4. The van der Waals surface area contributed by atoms with Gasteiger partial charge in [0.15, 0.2) is 0 Å². The second-order valence-electron chi connectivity index (χ2n) is 3.36. The molecule has 0 aromatic heterocycles. The van der Waals surface area contributed by atoms with Crippen LogP contribution in [0.5, 0.6) is 0 Å². The van der Waals surface area contributed by atoms with E-state index in [0.717, 1.165) is 17.5 Å². The third-order valence-corrected chi connectivity index (χ3v) is 2.74. The Morgan fingerprint density at radius 1 is 1.40 bits per heavy atom. The van der Waals surface area contributed by atoms with Gasteiger partial charge in [0.2, 0.25) is 0 Å². The van der Waals surface area contributed by atoms with Crippen molar-refractivity contribution in [2.75, 3.05) is 7.11 Å². The molecular formula is C12H15ClO2. The SMILES string of the molecule is CCC(C(=O)OC)c1ccc(CCl)cc1. The predicted octanol–water partition coefficient (Wildman–Crippen LogP) is 3.09. The third-order valence-electron chi connectivity index (χ3n) is 2.43. The number of carbonyl (C=O) groups excluding carboxylic acids is 1. The van der Waals surface area contributed by atoms with Crippen molar-refractivity contribution in [1.29, 1.82) is 0 Å². The van der Waals surface area contributed by atoms with Crippen LogP contribution in [0.1, 0.15) is 30.4 Å². The van der Waals surface area contributed by atoms with Gasteiger partial charge in [0.05, 0.1) is 13.0 Å². The topological polar surface area (TPSA) is 26.3 Å². The summed E-state index contributed by atoms with van der Waals surface area (Å²) < 4.78 is 4.75. The van der Waals surface area contributed by atoms with Crippen molar-refractivity contribution in [2.24, 2.45) is 0 Å². The van der Waals surface area contributed by atoms with Crippen LogP contribution in [0.3, 0.4) is 0 Å². The zero-order valence-corrected chi connectivity index (χ0v) is 9.75.